The third-order valence-electron chi connectivity index (χ3n) is 3.49. The summed E-state index contributed by atoms with van der Waals surface area (Å²) in [7, 11) is 0. The highest BCUT2D eigenvalue weighted by atomic mass is 32.1. The number of nitrogens with two attached hydrogens (primary N) is 1. The molecule has 20 heavy (non-hydrogen) atoms. The average Bonchev–Trinajstić information content (AvgIpc) is 3.01. The fourth-order valence-corrected chi connectivity index (χ4v) is 3.31. The number of hydrogen-bond acceptors (Lipinski definition) is 7. The van der Waals surface area contributed by atoms with E-state index in [1.807, 2.05) is 11.6 Å². The average molecular weight is 286 g/mol. The summed E-state index contributed by atoms with van der Waals surface area (Å²) >= 11 is 1.68. The number of rotatable bonds is 2. The van der Waals surface area contributed by atoms with Crippen LogP contribution in [0, 0.1) is 11.3 Å². The third kappa shape index (κ3) is 2.30. The van der Waals surface area contributed by atoms with Gasteiger partial charge >= 0.3 is 0 Å². The van der Waals surface area contributed by atoms with E-state index < -0.39 is 0 Å². The molecule has 6 nitrogen and oxygen atoms in total. The van der Waals surface area contributed by atoms with E-state index >= 15 is 0 Å². The van der Waals surface area contributed by atoms with Crippen LogP contribution in [0.4, 0.5) is 11.6 Å². The predicted octanol–water partition coefficient (Wildman–Crippen LogP) is 1.77. The van der Waals surface area contributed by atoms with Gasteiger partial charge in [-0.05, 0) is 12.8 Å². The van der Waals surface area contributed by atoms with Gasteiger partial charge in [-0.3, -0.25) is 0 Å². The van der Waals surface area contributed by atoms with Gasteiger partial charge in [0.15, 0.2) is 5.82 Å². The van der Waals surface area contributed by atoms with Crippen molar-refractivity contribution in [1.82, 2.24) is 15.0 Å². The summed E-state index contributed by atoms with van der Waals surface area (Å²) in [6.45, 7) is 1.70. The van der Waals surface area contributed by atoms with Crippen LogP contribution in [-0.4, -0.2) is 28.0 Å². The summed E-state index contributed by atoms with van der Waals surface area (Å²) in [5.41, 5.74) is 6.13. The Balaban J connectivity index is 1.88. The summed E-state index contributed by atoms with van der Waals surface area (Å²) in [5.74, 6) is 1.28. The molecule has 2 aromatic rings. The highest BCUT2D eigenvalue weighted by molar-refractivity contribution is 7.09. The first-order valence-electron chi connectivity index (χ1n) is 6.44. The fraction of sp³-hybridized carbons (Fsp3) is 0.385. The van der Waals surface area contributed by atoms with E-state index in [4.69, 9.17) is 5.73 Å². The number of nitrogen functional groups attached to an aromatic ring is 1. The number of anilines is 2. The van der Waals surface area contributed by atoms with Gasteiger partial charge < -0.3 is 10.6 Å². The Labute approximate surface area is 120 Å². The fourth-order valence-electron chi connectivity index (χ4n) is 2.54. The van der Waals surface area contributed by atoms with Crippen molar-refractivity contribution in [3.63, 3.8) is 0 Å². The van der Waals surface area contributed by atoms with Crippen LogP contribution in [0.2, 0.25) is 0 Å². The molecule has 102 valence electrons. The second-order valence-corrected chi connectivity index (χ2v) is 5.65. The lowest BCUT2D eigenvalue weighted by atomic mass is 9.98. The molecule has 0 bridgehead atoms. The van der Waals surface area contributed by atoms with E-state index in [1.165, 1.54) is 6.33 Å². The highest BCUT2D eigenvalue weighted by Crippen LogP contribution is 2.31. The summed E-state index contributed by atoms with van der Waals surface area (Å²) < 4.78 is 0. The van der Waals surface area contributed by atoms with E-state index in [9.17, 15) is 5.26 Å². The minimum atomic E-state index is 0.244. The molecule has 7 heteroatoms. The van der Waals surface area contributed by atoms with Crippen molar-refractivity contribution in [3.05, 3.63) is 28.5 Å². The van der Waals surface area contributed by atoms with Gasteiger partial charge in [-0.25, -0.2) is 15.0 Å². The number of hydrogen-bond donors (Lipinski definition) is 1. The molecule has 1 aliphatic heterocycles. The van der Waals surface area contributed by atoms with Crippen LogP contribution in [0.1, 0.15) is 29.3 Å². The zero-order valence-corrected chi connectivity index (χ0v) is 11.7. The zero-order chi connectivity index (χ0) is 13.9. The summed E-state index contributed by atoms with van der Waals surface area (Å²) in [4.78, 5) is 14.6. The molecule has 3 rings (SSSR count). The first-order valence-corrected chi connectivity index (χ1v) is 7.32. The molecular weight excluding hydrogens is 272 g/mol. The van der Waals surface area contributed by atoms with E-state index in [0.29, 0.717) is 17.3 Å². The molecule has 1 atom stereocenters. The molecular formula is C13H14N6S. The maximum atomic E-state index is 9.23. The quantitative estimate of drug-likeness (QED) is 0.904. The Morgan fingerprint density at radius 1 is 1.40 bits per heavy atom. The lowest BCUT2D eigenvalue weighted by molar-refractivity contribution is 0.505. The number of nitrogens with zero attached hydrogens (tertiary/aromatic N) is 5. The first kappa shape index (κ1) is 12.8. The monoisotopic (exact) mass is 286 g/mol. The first-order chi connectivity index (χ1) is 9.79. The predicted molar refractivity (Wildman–Crippen MR) is 77.5 cm³/mol. The van der Waals surface area contributed by atoms with E-state index in [1.54, 1.807) is 11.3 Å². The van der Waals surface area contributed by atoms with Gasteiger partial charge in [0.1, 0.15) is 23.8 Å². The summed E-state index contributed by atoms with van der Waals surface area (Å²) in [6.07, 6.45) is 5.42. The van der Waals surface area contributed by atoms with Gasteiger partial charge in [0.25, 0.3) is 0 Å². The van der Waals surface area contributed by atoms with Crippen LogP contribution < -0.4 is 10.6 Å². The van der Waals surface area contributed by atoms with Gasteiger partial charge in [0.2, 0.25) is 0 Å². The minimum absolute atomic E-state index is 0.244. The topological polar surface area (TPSA) is 91.7 Å². The van der Waals surface area contributed by atoms with Crippen LogP contribution in [0.15, 0.2) is 17.9 Å². The van der Waals surface area contributed by atoms with Gasteiger partial charge in [-0.2, -0.15) is 5.26 Å². The Kier molecular flexibility index (Phi) is 3.48. The minimum Gasteiger partial charge on any atom is -0.382 e. The van der Waals surface area contributed by atoms with Crippen molar-refractivity contribution in [2.24, 2.45) is 0 Å². The maximum Gasteiger partial charge on any atom is 0.152 e. The summed E-state index contributed by atoms with van der Waals surface area (Å²) in [5, 5.41) is 12.4. The van der Waals surface area contributed by atoms with Crippen LogP contribution in [-0.2, 0) is 0 Å². The van der Waals surface area contributed by atoms with Crippen LogP contribution in [0.3, 0.4) is 0 Å². The molecule has 0 saturated carbocycles. The molecule has 0 aromatic carbocycles. The SMILES string of the molecule is N#Cc1c(N)ncnc1N1CCCC(c2nccs2)C1. The number of aromatic nitrogens is 3. The van der Waals surface area contributed by atoms with Crippen molar-refractivity contribution in [2.75, 3.05) is 23.7 Å². The number of nitriles is 1. The van der Waals surface area contributed by atoms with Crippen molar-refractivity contribution in [3.8, 4) is 6.07 Å². The molecule has 2 aromatic heterocycles. The molecule has 0 amide bonds. The highest BCUT2D eigenvalue weighted by Gasteiger charge is 2.26. The van der Waals surface area contributed by atoms with Crippen molar-refractivity contribution in [1.29, 1.82) is 5.26 Å². The Bertz CT molecular complexity index is 633. The van der Waals surface area contributed by atoms with Crippen LogP contribution >= 0.6 is 11.3 Å². The second kappa shape index (κ2) is 5.43. The van der Waals surface area contributed by atoms with Gasteiger partial charge in [-0.15, -0.1) is 11.3 Å². The van der Waals surface area contributed by atoms with Crippen molar-refractivity contribution in [2.45, 2.75) is 18.8 Å². The largest absolute Gasteiger partial charge is 0.382 e. The van der Waals surface area contributed by atoms with Crippen LogP contribution in [0.25, 0.3) is 0 Å². The van der Waals surface area contributed by atoms with Crippen molar-refractivity contribution >= 4 is 23.0 Å². The molecule has 2 N–H and O–H groups in total. The standard InChI is InChI=1S/C13H14N6S/c14-6-10-11(15)17-8-18-12(10)19-4-1-2-9(7-19)13-16-3-5-20-13/h3,5,8-9H,1-2,4,7H2,(H2,15,17,18). The molecule has 1 aliphatic rings. The molecule has 0 spiro atoms. The lowest BCUT2D eigenvalue weighted by Crippen LogP contribution is -2.35. The Morgan fingerprint density at radius 2 is 2.30 bits per heavy atom. The van der Waals surface area contributed by atoms with Crippen molar-refractivity contribution < 1.29 is 0 Å². The van der Waals surface area contributed by atoms with E-state index in [2.05, 4.69) is 25.9 Å². The van der Waals surface area contributed by atoms with Crippen LogP contribution in [0.5, 0.6) is 0 Å². The molecule has 1 unspecified atom stereocenters. The number of thiazole rings is 1. The van der Waals surface area contributed by atoms with E-state index in [-0.39, 0.29) is 5.82 Å². The smallest absolute Gasteiger partial charge is 0.152 e. The van der Waals surface area contributed by atoms with Gasteiger partial charge in [0, 0.05) is 30.6 Å². The Morgan fingerprint density at radius 3 is 3.05 bits per heavy atom. The zero-order valence-electron chi connectivity index (χ0n) is 10.9. The third-order valence-corrected chi connectivity index (χ3v) is 4.43. The maximum absolute atomic E-state index is 9.23. The Hall–Kier alpha value is -2.20. The number of piperidine rings is 1. The van der Waals surface area contributed by atoms with Gasteiger partial charge in [0.05, 0.1) is 5.01 Å². The molecule has 0 aliphatic carbocycles. The normalized spacial score (nSPS) is 18.8. The summed E-state index contributed by atoms with van der Waals surface area (Å²) in [6, 6.07) is 2.11. The second-order valence-electron chi connectivity index (χ2n) is 4.72. The van der Waals surface area contributed by atoms with Gasteiger partial charge in [-0.1, -0.05) is 0 Å². The molecule has 1 fully saturated rings. The lowest BCUT2D eigenvalue weighted by Gasteiger charge is -2.33. The van der Waals surface area contributed by atoms with E-state index in [0.717, 1.165) is 30.9 Å². The molecule has 1 saturated heterocycles. The molecule has 3 heterocycles. The molecule has 0 radical (unpaired) electrons.